The maximum Gasteiger partial charge on any atom is 0.379 e. The van der Waals surface area contributed by atoms with Gasteiger partial charge in [0, 0.05) is 44.4 Å². The number of hydrogen-bond acceptors (Lipinski definition) is 14. The number of nitrogens with one attached hydrogen (secondary N) is 1. The molecule has 5 N–H and O–H groups in total. The third-order valence-corrected chi connectivity index (χ3v) is 8.34. The zero-order valence-electron chi connectivity index (χ0n) is 24.1. The fourth-order valence-electron chi connectivity index (χ4n) is 4.65. The van der Waals surface area contributed by atoms with Crippen LogP contribution in [0, 0.1) is 0 Å². The Morgan fingerprint density at radius 2 is 2.07 bits per heavy atom. The van der Waals surface area contributed by atoms with Crippen molar-refractivity contribution in [3.05, 3.63) is 64.1 Å². The Kier molecular flexibility index (Phi) is 11.7. The van der Waals surface area contributed by atoms with Gasteiger partial charge >= 0.3 is 5.63 Å². The number of nitrogens with two attached hydrogens (primary N) is 2. The number of amidine groups is 1. The van der Waals surface area contributed by atoms with Crippen molar-refractivity contribution in [1.82, 2.24) is 15.1 Å². The van der Waals surface area contributed by atoms with E-state index < -0.39 is 23.6 Å². The zero-order chi connectivity index (χ0) is 30.8. The quantitative estimate of drug-likeness (QED) is 0.214. The number of aromatic nitrogens is 2. The third-order valence-electron chi connectivity index (χ3n) is 6.67. The normalized spacial score (nSPS) is 20.2. The molecule has 0 saturated carbocycles. The van der Waals surface area contributed by atoms with E-state index in [0.29, 0.717) is 17.9 Å². The summed E-state index contributed by atoms with van der Waals surface area (Å²) >= 11 is 2.86. The second-order valence-electron chi connectivity index (χ2n) is 9.33. The number of methoxy groups -OCH3 is 3. The second-order valence-corrected chi connectivity index (χ2v) is 11.5. The molecule has 0 spiro atoms. The molecule has 43 heavy (non-hydrogen) atoms. The van der Waals surface area contributed by atoms with Crippen molar-refractivity contribution in [2.24, 2.45) is 16.5 Å². The summed E-state index contributed by atoms with van der Waals surface area (Å²) in [5.74, 6) is 1.02. The van der Waals surface area contributed by atoms with Crippen LogP contribution in [0.15, 0.2) is 56.5 Å². The van der Waals surface area contributed by atoms with E-state index in [2.05, 4.69) is 25.4 Å². The zero-order valence-corrected chi connectivity index (χ0v) is 25.7. The second kappa shape index (κ2) is 15.7. The molecule has 0 aromatic carbocycles. The Morgan fingerprint density at radius 1 is 1.28 bits per heavy atom. The average molecular weight is 634 g/mol. The van der Waals surface area contributed by atoms with E-state index in [1.165, 1.54) is 25.5 Å². The van der Waals surface area contributed by atoms with E-state index in [1.54, 1.807) is 26.4 Å². The van der Waals surface area contributed by atoms with Gasteiger partial charge in [0.15, 0.2) is 5.76 Å². The summed E-state index contributed by atoms with van der Waals surface area (Å²) in [5.41, 5.74) is 10.6. The van der Waals surface area contributed by atoms with Crippen LogP contribution in [0.5, 0.6) is 5.75 Å². The van der Waals surface area contributed by atoms with Gasteiger partial charge in [-0.25, -0.2) is 9.79 Å². The van der Waals surface area contributed by atoms with Gasteiger partial charge in [0.25, 0.3) is 5.91 Å². The fourth-order valence-corrected chi connectivity index (χ4v) is 6.21. The van der Waals surface area contributed by atoms with Crippen LogP contribution in [0.25, 0.3) is 0 Å². The van der Waals surface area contributed by atoms with Crippen molar-refractivity contribution in [3.63, 3.8) is 0 Å². The average Bonchev–Trinajstić information content (AvgIpc) is 3.45. The van der Waals surface area contributed by atoms with Crippen LogP contribution < -0.4 is 27.1 Å². The molecule has 14 nitrogen and oxygen atoms in total. The maximum absolute atomic E-state index is 13.5. The number of rotatable bonds is 13. The fraction of sp³-hybridized carbons (Fsp3) is 0.444. The molecule has 3 heterocycles. The van der Waals surface area contributed by atoms with Crippen LogP contribution in [0.3, 0.4) is 0 Å². The molecular weight excluding hydrogens is 598 g/mol. The number of anilines is 1. The first-order chi connectivity index (χ1) is 20.9. The predicted octanol–water partition coefficient (Wildman–Crippen LogP) is 1.85. The highest BCUT2D eigenvalue weighted by atomic mass is 32.2. The van der Waals surface area contributed by atoms with Gasteiger partial charge in [0.1, 0.15) is 18.2 Å². The SMILES string of the molecule is COCC(COc1c(C2C(OC)=CC=CC2OC)cc(C(=O)Nc2nnc(/N=C(N)/C=C\N)s2)oc1=O)N1CCSCC1. The smallest absolute Gasteiger partial charge is 0.379 e. The van der Waals surface area contributed by atoms with Crippen molar-refractivity contribution in [2.75, 3.05) is 64.5 Å². The lowest BCUT2D eigenvalue weighted by Crippen LogP contribution is -2.47. The minimum absolute atomic E-state index is 0.0368. The number of thioether (sulfide) groups is 1. The molecule has 0 bridgehead atoms. The lowest BCUT2D eigenvalue weighted by Gasteiger charge is -2.34. The van der Waals surface area contributed by atoms with Gasteiger partial charge in [-0.3, -0.25) is 15.0 Å². The molecule has 1 aliphatic heterocycles. The molecule has 3 atom stereocenters. The summed E-state index contributed by atoms with van der Waals surface area (Å²) in [6, 6.07) is 1.37. The summed E-state index contributed by atoms with van der Waals surface area (Å²) < 4.78 is 28.5. The molecule has 2 aromatic heterocycles. The number of allylic oxidation sites excluding steroid dienone is 2. The number of amides is 1. The number of carbonyl (C=O) groups is 1. The van der Waals surface area contributed by atoms with Gasteiger partial charge in [-0.1, -0.05) is 23.5 Å². The van der Waals surface area contributed by atoms with E-state index in [-0.39, 0.29) is 40.3 Å². The summed E-state index contributed by atoms with van der Waals surface area (Å²) in [6.07, 6.45) is 7.52. The van der Waals surface area contributed by atoms with Crippen LogP contribution in [0.1, 0.15) is 22.0 Å². The first-order valence-electron chi connectivity index (χ1n) is 13.3. The van der Waals surface area contributed by atoms with Crippen LogP contribution in [-0.2, 0) is 14.2 Å². The topological polar surface area (TPSA) is 190 Å². The lowest BCUT2D eigenvalue weighted by atomic mass is 9.87. The predicted molar refractivity (Wildman–Crippen MR) is 165 cm³/mol. The highest BCUT2D eigenvalue weighted by molar-refractivity contribution is 7.99. The van der Waals surface area contributed by atoms with Gasteiger partial charge < -0.3 is 34.8 Å². The van der Waals surface area contributed by atoms with Crippen LogP contribution in [0.4, 0.5) is 10.3 Å². The Labute approximate surface area is 256 Å². The van der Waals surface area contributed by atoms with Gasteiger partial charge in [-0.2, -0.15) is 11.8 Å². The van der Waals surface area contributed by atoms with E-state index in [9.17, 15) is 9.59 Å². The van der Waals surface area contributed by atoms with Crippen LogP contribution in [-0.4, -0.2) is 98.1 Å². The van der Waals surface area contributed by atoms with E-state index >= 15 is 0 Å². The molecule has 0 radical (unpaired) electrons. The molecule has 1 aliphatic carbocycles. The number of nitrogens with zero attached hydrogens (tertiary/aromatic N) is 4. The highest BCUT2D eigenvalue weighted by Gasteiger charge is 2.34. The van der Waals surface area contributed by atoms with E-state index in [0.717, 1.165) is 35.9 Å². The number of carbonyl (C=O) groups excluding carboxylic acids is 1. The molecule has 2 aromatic rings. The number of ether oxygens (including phenoxy) is 4. The Morgan fingerprint density at radius 3 is 2.77 bits per heavy atom. The maximum atomic E-state index is 13.5. The summed E-state index contributed by atoms with van der Waals surface area (Å²) in [5, 5.41) is 10.7. The van der Waals surface area contributed by atoms with Gasteiger partial charge in [0.2, 0.25) is 16.0 Å². The van der Waals surface area contributed by atoms with Gasteiger partial charge in [0.05, 0.1) is 31.8 Å². The van der Waals surface area contributed by atoms with Crippen molar-refractivity contribution in [3.8, 4) is 5.75 Å². The standard InChI is InChI=1S/C27H35N7O7S2/c1-37-14-16(34-9-11-42-12-10-34)15-40-23-17(22-18(38-2)5-4-6-19(22)39-3)13-20(41-25(23)36)24(35)31-27-33-32-26(43-27)30-21(29)7-8-28/h4-8,13,16,18,22H,9-12,14-15,28H2,1-3H3,(H2,29,30,32)(H,31,33,35)/b8-7-. The third kappa shape index (κ3) is 8.23. The highest BCUT2D eigenvalue weighted by Crippen LogP contribution is 2.38. The van der Waals surface area contributed by atoms with Gasteiger partial charge in [-0.05, 0) is 24.4 Å². The Hall–Kier alpha value is -3.70. The Bertz CT molecular complexity index is 1430. The number of hydrogen-bond donors (Lipinski definition) is 3. The molecule has 4 rings (SSSR count). The Balaban J connectivity index is 1.67. The monoisotopic (exact) mass is 633 g/mol. The molecule has 1 saturated heterocycles. The molecule has 232 valence electrons. The largest absolute Gasteiger partial charge is 0.500 e. The van der Waals surface area contributed by atoms with Gasteiger partial charge in [-0.15, -0.1) is 10.2 Å². The minimum atomic E-state index is -0.822. The summed E-state index contributed by atoms with van der Waals surface area (Å²) in [7, 11) is 4.71. The minimum Gasteiger partial charge on any atom is -0.500 e. The first kappa shape index (κ1) is 32.2. The van der Waals surface area contributed by atoms with Crippen molar-refractivity contribution >= 4 is 45.1 Å². The number of aliphatic imine (C=N–C) groups is 1. The first-order valence-corrected chi connectivity index (χ1v) is 15.3. The van der Waals surface area contributed by atoms with Crippen molar-refractivity contribution in [1.29, 1.82) is 0 Å². The lowest BCUT2D eigenvalue weighted by molar-refractivity contribution is 0.0621. The van der Waals surface area contributed by atoms with Crippen LogP contribution >= 0.6 is 23.1 Å². The molecular formula is C27H35N7O7S2. The molecule has 3 unspecified atom stereocenters. The summed E-state index contributed by atoms with van der Waals surface area (Å²) in [4.78, 5) is 33.1. The van der Waals surface area contributed by atoms with Crippen LogP contribution in [0.2, 0.25) is 0 Å². The molecule has 16 heteroatoms. The van der Waals surface area contributed by atoms with E-state index in [1.807, 2.05) is 17.8 Å². The molecule has 1 amide bonds. The van der Waals surface area contributed by atoms with Crippen molar-refractivity contribution < 1.29 is 28.2 Å². The molecule has 2 aliphatic rings. The molecule has 1 fully saturated rings. The van der Waals surface area contributed by atoms with Crippen molar-refractivity contribution in [2.45, 2.75) is 18.1 Å². The summed E-state index contributed by atoms with van der Waals surface area (Å²) in [6.45, 7) is 2.36. The van der Waals surface area contributed by atoms with E-state index in [4.69, 9.17) is 34.8 Å².